The molecule has 94 valence electrons. The lowest BCUT2D eigenvalue weighted by molar-refractivity contribution is 0.0954. The van der Waals surface area contributed by atoms with Gasteiger partial charge < -0.3 is 11.1 Å². The first-order chi connectivity index (χ1) is 8.66. The molecule has 18 heavy (non-hydrogen) atoms. The van der Waals surface area contributed by atoms with Gasteiger partial charge in [0.1, 0.15) is 0 Å². The largest absolute Gasteiger partial charge is 0.398 e. The minimum atomic E-state index is -0.171. The fraction of sp³-hybridized carbons (Fsp3) is 0.231. The molecule has 0 radical (unpaired) electrons. The molecule has 4 nitrogen and oxygen atoms in total. The Labute approximate surface area is 110 Å². The van der Waals surface area contributed by atoms with Crippen molar-refractivity contribution in [1.29, 1.82) is 0 Å². The molecule has 5 heteroatoms. The predicted octanol–water partition coefficient (Wildman–Crippen LogP) is 2.01. The van der Waals surface area contributed by atoms with Gasteiger partial charge in [-0.2, -0.15) is 11.3 Å². The monoisotopic (exact) mass is 261 g/mol. The summed E-state index contributed by atoms with van der Waals surface area (Å²) in [7, 11) is 0. The third kappa shape index (κ3) is 3.07. The number of nitrogens with zero attached hydrogens (tertiary/aromatic N) is 1. The molecule has 1 amide bonds. The van der Waals surface area contributed by atoms with E-state index < -0.39 is 0 Å². The van der Waals surface area contributed by atoms with E-state index in [2.05, 4.69) is 21.7 Å². The minimum absolute atomic E-state index is 0.171. The topological polar surface area (TPSA) is 68.0 Å². The number of aromatic nitrogens is 1. The van der Waals surface area contributed by atoms with E-state index >= 15 is 0 Å². The van der Waals surface area contributed by atoms with Gasteiger partial charge in [-0.1, -0.05) is 0 Å². The van der Waals surface area contributed by atoms with Crippen molar-refractivity contribution < 1.29 is 4.79 Å². The molecule has 0 atom stereocenters. The SMILES string of the molecule is Cc1cc(N)c(C(=O)NCCc2ccsc2)cn1. The van der Waals surface area contributed by atoms with Gasteiger partial charge in [-0.25, -0.2) is 0 Å². The molecule has 0 bridgehead atoms. The summed E-state index contributed by atoms with van der Waals surface area (Å²) < 4.78 is 0. The molecular formula is C13H15N3OS. The Hall–Kier alpha value is -1.88. The number of hydrogen-bond donors (Lipinski definition) is 2. The van der Waals surface area contributed by atoms with Crippen LogP contribution in [-0.2, 0) is 6.42 Å². The van der Waals surface area contributed by atoms with Gasteiger partial charge in [0.15, 0.2) is 0 Å². The number of thiophene rings is 1. The van der Waals surface area contributed by atoms with Gasteiger partial charge >= 0.3 is 0 Å². The Morgan fingerprint density at radius 2 is 2.39 bits per heavy atom. The number of anilines is 1. The average Bonchev–Trinajstić information content (AvgIpc) is 2.81. The molecule has 0 saturated heterocycles. The molecule has 2 aromatic rings. The lowest BCUT2D eigenvalue weighted by Crippen LogP contribution is -2.26. The number of nitrogen functional groups attached to an aromatic ring is 1. The van der Waals surface area contributed by atoms with Crippen LogP contribution in [0.15, 0.2) is 29.1 Å². The molecule has 3 N–H and O–H groups in total. The van der Waals surface area contributed by atoms with Crippen LogP contribution in [0.2, 0.25) is 0 Å². The Morgan fingerprint density at radius 3 is 3.06 bits per heavy atom. The Kier molecular flexibility index (Phi) is 3.94. The van der Waals surface area contributed by atoms with Crippen LogP contribution in [0.4, 0.5) is 5.69 Å². The van der Waals surface area contributed by atoms with Crippen LogP contribution in [0.3, 0.4) is 0 Å². The molecule has 0 aliphatic carbocycles. The highest BCUT2D eigenvalue weighted by Crippen LogP contribution is 2.11. The second kappa shape index (κ2) is 5.64. The Balaban J connectivity index is 1.91. The molecule has 0 aliphatic rings. The lowest BCUT2D eigenvalue weighted by Gasteiger charge is -2.07. The number of carbonyl (C=O) groups is 1. The van der Waals surface area contributed by atoms with Crippen molar-refractivity contribution in [3.8, 4) is 0 Å². The molecule has 2 aromatic heterocycles. The van der Waals surface area contributed by atoms with Gasteiger partial charge in [-0.3, -0.25) is 9.78 Å². The number of aryl methyl sites for hydroxylation is 1. The molecular weight excluding hydrogens is 246 g/mol. The second-order valence-electron chi connectivity index (χ2n) is 4.05. The van der Waals surface area contributed by atoms with E-state index in [4.69, 9.17) is 5.73 Å². The minimum Gasteiger partial charge on any atom is -0.398 e. The van der Waals surface area contributed by atoms with Gasteiger partial charge in [0.05, 0.1) is 5.56 Å². The number of nitrogens with one attached hydrogen (secondary N) is 1. The molecule has 0 unspecified atom stereocenters. The van der Waals surface area contributed by atoms with Crippen LogP contribution in [-0.4, -0.2) is 17.4 Å². The molecule has 0 aromatic carbocycles. The standard InChI is InChI=1S/C13H15N3OS/c1-9-6-12(14)11(7-16-9)13(17)15-4-2-10-3-5-18-8-10/h3,5-8H,2,4H2,1H3,(H2,14,16)(H,15,17). The van der Waals surface area contributed by atoms with Crippen LogP contribution >= 0.6 is 11.3 Å². The maximum absolute atomic E-state index is 11.9. The fourth-order valence-corrected chi connectivity index (χ4v) is 2.32. The highest BCUT2D eigenvalue weighted by Gasteiger charge is 2.09. The summed E-state index contributed by atoms with van der Waals surface area (Å²) >= 11 is 1.66. The number of nitrogens with two attached hydrogens (primary N) is 1. The van der Waals surface area contributed by atoms with Crippen LogP contribution < -0.4 is 11.1 Å². The van der Waals surface area contributed by atoms with Crippen molar-refractivity contribution in [2.24, 2.45) is 0 Å². The van der Waals surface area contributed by atoms with Crippen molar-refractivity contribution in [1.82, 2.24) is 10.3 Å². The average molecular weight is 261 g/mol. The van der Waals surface area contributed by atoms with Gasteiger partial charge in [0, 0.05) is 24.1 Å². The van der Waals surface area contributed by atoms with Crippen LogP contribution in [0.1, 0.15) is 21.6 Å². The zero-order valence-electron chi connectivity index (χ0n) is 10.1. The Morgan fingerprint density at radius 1 is 1.56 bits per heavy atom. The van der Waals surface area contributed by atoms with Crippen molar-refractivity contribution in [2.45, 2.75) is 13.3 Å². The molecule has 0 fully saturated rings. The van der Waals surface area contributed by atoms with E-state index in [1.54, 1.807) is 17.4 Å². The van der Waals surface area contributed by atoms with Gasteiger partial charge in [-0.05, 0) is 41.8 Å². The summed E-state index contributed by atoms with van der Waals surface area (Å²) in [5.41, 5.74) is 8.73. The van der Waals surface area contributed by atoms with Crippen molar-refractivity contribution in [3.05, 3.63) is 45.9 Å². The second-order valence-corrected chi connectivity index (χ2v) is 4.83. The zero-order valence-corrected chi connectivity index (χ0v) is 11.0. The molecule has 2 heterocycles. The van der Waals surface area contributed by atoms with Crippen LogP contribution in [0, 0.1) is 6.92 Å². The number of hydrogen-bond acceptors (Lipinski definition) is 4. The number of amides is 1. The molecule has 0 aliphatic heterocycles. The fourth-order valence-electron chi connectivity index (χ4n) is 1.62. The first-order valence-corrected chi connectivity index (χ1v) is 6.62. The Bertz CT molecular complexity index is 537. The summed E-state index contributed by atoms with van der Waals surface area (Å²) in [6, 6.07) is 3.76. The van der Waals surface area contributed by atoms with Gasteiger partial charge in [-0.15, -0.1) is 0 Å². The van der Waals surface area contributed by atoms with E-state index in [0.717, 1.165) is 12.1 Å². The number of pyridine rings is 1. The van der Waals surface area contributed by atoms with E-state index in [9.17, 15) is 4.79 Å². The quantitative estimate of drug-likeness (QED) is 0.884. The van der Waals surface area contributed by atoms with E-state index in [1.807, 2.05) is 12.3 Å². The summed E-state index contributed by atoms with van der Waals surface area (Å²) in [4.78, 5) is 16.0. The maximum Gasteiger partial charge on any atom is 0.254 e. The molecule has 0 saturated carbocycles. The predicted molar refractivity (Wildman–Crippen MR) is 73.7 cm³/mol. The summed E-state index contributed by atoms with van der Waals surface area (Å²) in [5, 5.41) is 6.95. The first-order valence-electron chi connectivity index (χ1n) is 5.68. The summed E-state index contributed by atoms with van der Waals surface area (Å²) in [6.45, 7) is 2.44. The van der Waals surface area contributed by atoms with E-state index in [1.165, 1.54) is 11.8 Å². The van der Waals surface area contributed by atoms with E-state index in [-0.39, 0.29) is 5.91 Å². The summed E-state index contributed by atoms with van der Waals surface area (Å²) in [6.07, 6.45) is 2.35. The van der Waals surface area contributed by atoms with Gasteiger partial charge in [0.25, 0.3) is 5.91 Å². The highest BCUT2D eigenvalue weighted by molar-refractivity contribution is 7.07. The summed E-state index contributed by atoms with van der Waals surface area (Å²) in [5.74, 6) is -0.171. The third-order valence-corrected chi connectivity index (χ3v) is 3.33. The van der Waals surface area contributed by atoms with Crippen molar-refractivity contribution >= 4 is 22.9 Å². The smallest absolute Gasteiger partial charge is 0.254 e. The maximum atomic E-state index is 11.9. The first kappa shape index (κ1) is 12.6. The number of rotatable bonds is 4. The van der Waals surface area contributed by atoms with Crippen molar-refractivity contribution in [2.75, 3.05) is 12.3 Å². The zero-order chi connectivity index (χ0) is 13.0. The number of carbonyl (C=O) groups excluding carboxylic acids is 1. The third-order valence-electron chi connectivity index (χ3n) is 2.60. The van der Waals surface area contributed by atoms with Gasteiger partial charge in [0.2, 0.25) is 0 Å². The highest BCUT2D eigenvalue weighted by atomic mass is 32.1. The molecule has 2 rings (SSSR count). The van der Waals surface area contributed by atoms with Crippen LogP contribution in [0.5, 0.6) is 0 Å². The van der Waals surface area contributed by atoms with Crippen LogP contribution in [0.25, 0.3) is 0 Å². The van der Waals surface area contributed by atoms with E-state index in [0.29, 0.717) is 17.8 Å². The molecule has 0 spiro atoms. The normalized spacial score (nSPS) is 10.3. The lowest BCUT2D eigenvalue weighted by atomic mass is 10.2. The van der Waals surface area contributed by atoms with Crippen molar-refractivity contribution in [3.63, 3.8) is 0 Å².